The molecule has 0 aliphatic carbocycles. The highest BCUT2D eigenvalue weighted by Crippen LogP contribution is 2.22. The molecule has 1 atom stereocenters. The number of nitrogens with zero attached hydrogens (tertiary/aromatic N) is 2. The Morgan fingerprint density at radius 1 is 1.08 bits per heavy atom. The van der Waals surface area contributed by atoms with Crippen LogP contribution in [0.3, 0.4) is 0 Å². The van der Waals surface area contributed by atoms with Crippen molar-refractivity contribution in [2.45, 2.75) is 19.9 Å². The van der Waals surface area contributed by atoms with Crippen LogP contribution >= 0.6 is 0 Å². The summed E-state index contributed by atoms with van der Waals surface area (Å²) in [7, 11) is 0. The third-order valence-corrected chi connectivity index (χ3v) is 4.06. The van der Waals surface area contributed by atoms with E-state index in [1.807, 2.05) is 35.2 Å². The fourth-order valence-corrected chi connectivity index (χ4v) is 2.84. The first-order valence-electron chi connectivity index (χ1n) is 8.16. The lowest BCUT2D eigenvalue weighted by Gasteiger charge is -2.38. The van der Waals surface area contributed by atoms with Gasteiger partial charge in [0, 0.05) is 39.6 Å². The quantitative estimate of drug-likeness (QED) is 0.852. The molecule has 1 aromatic carbocycles. The molecule has 2 rings (SSSR count). The number of urea groups is 1. The lowest BCUT2D eigenvalue weighted by atomic mass is 10.0. The number of hydrogen-bond acceptors (Lipinski definition) is 4. The SMILES string of the molecule is CCNC(=O)NC(=O)[C@H](c1ccccc1)N1CCN(C(C)=O)CC1. The predicted molar refractivity (Wildman–Crippen MR) is 90.2 cm³/mol. The fourth-order valence-electron chi connectivity index (χ4n) is 2.84. The van der Waals surface area contributed by atoms with Crippen LogP contribution in [0, 0.1) is 0 Å². The molecule has 1 aromatic rings. The van der Waals surface area contributed by atoms with Crippen LogP contribution in [-0.2, 0) is 9.59 Å². The normalized spacial score (nSPS) is 16.3. The molecule has 1 fully saturated rings. The number of nitrogens with one attached hydrogen (secondary N) is 2. The molecular weight excluding hydrogens is 308 g/mol. The van der Waals surface area contributed by atoms with Crippen molar-refractivity contribution in [3.8, 4) is 0 Å². The molecule has 4 amide bonds. The van der Waals surface area contributed by atoms with Gasteiger partial charge in [0.25, 0.3) is 0 Å². The first-order chi connectivity index (χ1) is 11.5. The lowest BCUT2D eigenvalue weighted by molar-refractivity contribution is -0.132. The van der Waals surface area contributed by atoms with E-state index < -0.39 is 12.1 Å². The number of piperazine rings is 1. The molecule has 7 heteroatoms. The van der Waals surface area contributed by atoms with E-state index in [1.54, 1.807) is 18.7 Å². The molecule has 0 saturated carbocycles. The summed E-state index contributed by atoms with van der Waals surface area (Å²) < 4.78 is 0. The Hall–Kier alpha value is -2.41. The zero-order valence-electron chi connectivity index (χ0n) is 14.1. The van der Waals surface area contributed by atoms with Crippen molar-refractivity contribution < 1.29 is 14.4 Å². The molecule has 0 bridgehead atoms. The second-order valence-electron chi connectivity index (χ2n) is 5.70. The Morgan fingerprint density at radius 3 is 2.25 bits per heavy atom. The molecular formula is C17H24N4O3. The Bertz CT molecular complexity index is 583. The number of carbonyl (C=O) groups excluding carboxylic acids is 3. The number of imide groups is 1. The summed E-state index contributed by atoms with van der Waals surface area (Å²) >= 11 is 0. The molecule has 1 aliphatic heterocycles. The second-order valence-corrected chi connectivity index (χ2v) is 5.70. The number of rotatable bonds is 4. The molecule has 130 valence electrons. The number of hydrogen-bond donors (Lipinski definition) is 2. The fraction of sp³-hybridized carbons (Fsp3) is 0.471. The molecule has 2 N–H and O–H groups in total. The minimum Gasteiger partial charge on any atom is -0.340 e. The van der Waals surface area contributed by atoms with E-state index >= 15 is 0 Å². The Morgan fingerprint density at radius 2 is 1.71 bits per heavy atom. The van der Waals surface area contributed by atoms with Crippen molar-refractivity contribution in [3.05, 3.63) is 35.9 Å². The van der Waals surface area contributed by atoms with Crippen molar-refractivity contribution in [3.63, 3.8) is 0 Å². The number of amides is 4. The van der Waals surface area contributed by atoms with Gasteiger partial charge in [0.1, 0.15) is 6.04 Å². The van der Waals surface area contributed by atoms with Crippen LogP contribution < -0.4 is 10.6 Å². The second kappa shape index (κ2) is 8.44. The standard InChI is InChI=1S/C17H24N4O3/c1-3-18-17(24)19-16(23)15(14-7-5-4-6-8-14)21-11-9-20(10-12-21)13(2)22/h4-8,15H,3,9-12H2,1-2H3,(H2,18,19,23,24)/t15-/m0/s1. The van der Waals surface area contributed by atoms with Crippen molar-refractivity contribution in [1.29, 1.82) is 0 Å². The first-order valence-corrected chi connectivity index (χ1v) is 8.16. The Labute approximate surface area is 142 Å². The largest absolute Gasteiger partial charge is 0.340 e. The summed E-state index contributed by atoms with van der Waals surface area (Å²) in [4.78, 5) is 39.6. The molecule has 1 saturated heterocycles. The van der Waals surface area contributed by atoms with Gasteiger partial charge in [-0.05, 0) is 12.5 Å². The van der Waals surface area contributed by atoms with E-state index in [-0.39, 0.29) is 11.8 Å². The van der Waals surface area contributed by atoms with Gasteiger partial charge >= 0.3 is 6.03 Å². The van der Waals surface area contributed by atoms with E-state index in [4.69, 9.17) is 0 Å². The molecule has 7 nitrogen and oxygen atoms in total. The van der Waals surface area contributed by atoms with Crippen molar-refractivity contribution >= 4 is 17.8 Å². The maximum absolute atomic E-state index is 12.6. The molecule has 1 aliphatic rings. The highest BCUT2D eigenvalue weighted by Gasteiger charge is 2.31. The minimum absolute atomic E-state index is 0.0395. The summed E-state index contributed by atoms with van der Waals surface area (Å²) in [5.74, 6) is -0.318. The van der Waals surface area contributed by atoms with E-state index in [2.05, 4.69) is 10.6 Å². The monoisotopic (exact) mass is 332 g/mol. The maximum atomic E-state index is 12.6. The minimum atomic E-state index is -0.553. The Balaban J connectivity index is 2.14. The predicted octanol–water partition coefficient (Wildman–Crippen LogP) is 0.738. The van der Waals surface area contributed by atoms with Crippen LogP contribution in [-0.4, -0.2) is 60.4 Å². The number of carbonyl (C=O) groups is 3. The summed E-state index contributed by atoms with van der Waals surface area (Å²) in [6.07, 6.45) is 0. The zero-order chi connectivity index (χ0) is 17.5. The first kappa shape index (κ1) is 17.9. The summed E-state index contributed by atoms with van der Waals surface area (Å²) in [6.45, 7) is 6.11. The average Bonchev–Trinajstić information content (AvgIpc) is 2.56. The van der Waals surface area contributed by atoms with Gasteiger partial charge in [0.05, 0.1) is 0 Å². The van der Waals surface area contributed by atoms with Crippen molar-refractivity contribution in [2.75, 3.05) is 32.7 Å². The van der Waals surface area contributed by atoms with E-state index in [0.717, 1.165) is 5.56 Å². The van der Waals surface area contributed by atoms with Crippen molar-refractivity contribution in [1.82, 2.24) is 20.4 Å². The topological polar surface area (TPSA) is 81.8 Å². The van der Waals surface area contributed by atoms with Crippen LogP contribution in [0.15, 0.2) is 30.3 Å². The van der Waals surface area contributed by atoms with Gasteiger partial charge in [-0.3, -0.25) is 19.8 Å². The van der Waals surface area contributed by atoms with E-state index in [9.17, 15) is 14.4 Å². The van der Waals surface area contributed by atoms with E-state index in [0.29, 0.717) is 32.7 Å². The molecule has 0 unspecified atom stereocenters. The smallest absolute Gasteiger partial charge is 0.321 e. The van der Waals surface area contributed by atoms with Crippen LogP contribution in [0.1, 0.15) is 25.5 Å². The van der Waals surface area contributed by atoms with Crippen molar-refractivity contribution in [2.24, 2.45) is 0 Å². The number of benzene rings is 1. The van der Waals surface area contributed by atoms with Crippen LogP contribution in [0.25, 0.3) is 0 Å². The Kier molecular flexibility index (Phi) is 6.31. The van der Waals surface area contributed by atoms with Gasteiger partial charge < -0.3 is 10.2 Å². The molecule has 0 aromatic heterocycles. The summed E-state index contributed by atoms with van der Waals surface area (Å²) in [5, 5.41) is 4.96. The van der Waals surface area contributed by atoms with Crippen LogP contribution in [0.2, 0.25) is 0 Å². The van der Waals surface area contributed by atoms with Crippen LogP contribution in [0.4, 0.5) is 4.79 Å². The summed E-state index contributed by atoms with van der Waals surface area (Å²) in [6, 6.07) is 8.32. The molecule has 0 spiro atoms. The van der Waals surface area contributed by atoms with Gasteiger partial charge in [0.15, 0.2) is 0 Å². The zero-order valence-corrected chi connectivity index (χ0v) is 14.1. The molecule has 0 radical (unpaired) electrons. The average molecular weight is 332 g/mol. The lowest BCUT2D eigenvalue weighted by Crippen LogP contribution is -2.53. The third-order valence-electron chi connectivity index (χ3n) is 4.06. The van der Waals surface area contributed by atoms with Gasteiger partial charge in [-0.15, -0.1) is 0 Å². The van der Waals surface area contributed by atoms with E-state index in [1.165, 1.54) is 0 Å². The highest BCUT2D eigenvalue weighted by atomic mass is 16.2. The third kappa shape index (κ3) is 4.55. The van der Waals surface area contributed by atoms with Gasteiger partial charge in [-0.1, -0.05) is 30.3 Å². The summed E-state index contributed by atoms with van der Waals surface area (Å²) in [5.41, 5.74) is 0.829. The van der Waals surface area contributed by atoms with Gasteiger partial charge in [0.2, 0.25) is 11.8 Å². The van der Waals surface area contributed by atoms with Gasteiger partial charge in [-0.25, -0.2) is 4.79 Å². The maximum Gasteiger partial charge on any atom is 0.321 e. The highest BCUT2D eigenvalue weighted by molar-refractivity contribution is 5.97. The molecule has 1 heterocycles. The van der Waals surface area contributed by atoms with Gasteiger partial charge in [-0.2, -0.15) is 0 Å². The molecule has 24 heavy (non-hydrogen) atoms. The van der Waals surface area contributed by atoms with Crippen LogP contribution in [0.5, 0.6) is 0 Å².